The standard InChI is InChI=1S/C16H10BrF5N2O/c17-12-3-1-9(5-11(12)16(20,21)22)13-4-2-10(6-23-13)14(25)24-7-15(18,19)8-24/h1-6H,7-8H2. The number of carbonyl (C=O) groups is 1. The smallest absolute Gasteiger partial charge is 0.326 e. The van der Waals surface area contributed by atoms with Gasteiger partial charge in [-0.25, -0.2) is 8.78 Å². The predicted molar refractivity (Wildman–Crippen MR) is 83.2 cm³/mol. The second kappa shape index (κ2) is 6.05. The summed E-state index contributed by atoms with van der Waals surface area (Å²) in [4.78, 5) is 17.0. The Hall–Kier alpha value is -2.03. The zero-order valence-corrected chi connectivity index (χ0v) is 14.0. The van der Waals surface area contributed by atoms with Crippen molar-refractivity contribution in [2.75, 3.05) is 13.1 Å². The Balaban J connectivity index is 1.82. The van der Waals surface area contributed by atoms with Crippen LogP contribution in [0.3, 0.4) is 0 Å². The Morgan fingerprint density at radius 2 is 1.84 bits per heavy atom. The van der Waals surface area contributed by atoms with Gasteiger partial charge in [0.2, 0.25) is 0 Å². The molecule has 1 aliphatic heterocycles. The van der Waals surface area contributed by atoms with Gasteiger partial charge in [0, 0.05) is 16.2 Å². The Morgan fingerprint density at radius 1 is 1.16 bits per heavy atom. The molecule has 1 aliphatic rings. The third-order valence-electron chi connectivity index (χ3n) is 3.71. The molecule has 132 valence electrons. The number of alkyl halides is 5. The molecule has 1 saturated heterocycles. The number of benzene rings is 1. The highest BCUT2D eigenvalue weighted by atomic mass is 79.9. The van der Waals surface area contributed by atoms with Crippen LogP contribution in [0, 0.1) is 0 Å². The number of pyridine rings is 1. The van der Waals surface area contributed by atoms with Crippen molar-refractivity contribution in [2.45, 2.75) is 12.1 Å². The normalized spacial score (nSPS) is 16.5. The fourth-order valence-electron chi connectivity index (χ4n) is 2.43. The molecule has 0 atom stereocenters. The van der Waals surface area contributed by atoms with E-state index in [-0.39, 0.29) is 21.3 Å². The third kappa shape index (κ3) is 3.65. The van der Waals surface area contributed by atoms with E-state index in [1.807, 2.05) is 0 Å². The summed E-state index contributed by atoms with van der Waals surface area (Å²) in [5.41, 5.74) is -0.268. The van der Waals surface area contributed by atoms with Crippen LogP contribution < -0.4 is 0 Å². The van der Waals surface area contributed by atoms with Crippen molar-refractivity contribution in [1.82, 2.24) is 9.88 Å². The number of halogens is 6. The molecule has 0 unspecified atom stereocenters. The highest BCUT2D eigenvalue weighted by Crippen LogP contribution is 2.37. The summed E-state index contributed by atoms with van der Waals surface area (Å²) in [7, 11) is 0. The van der Waals surface area contributed by atoms with E-state index >= 15 is 0 Å². The van der Waals surface area contributed by atoms with Crippen molar-refractivity contribution in [3.63, 3.8) is 0 Å². The number of carbonyl (C=O) groups excluding carboxylic acids is 1. The monoisotopic (exact) mass is 420 g/mol. The first-order chi connectivity index (χ1) is 11.6. The van der Waals surface area contributed by atoms with Gasteiger partial charge in [0.15, 0.2) is 0 Å². The van der Waals surface area contributed by atoms with Gasteiger partial charge in [-0.3, -0.25) is 9.78 Å². The minimum Gasteiger partial charge on any atom is -0.326 e. The highest BCUT2D eigenvalue weighted by Gasteiger charge is 2.46. The Labute approximate surface area is 147 Å². The fourth-order valence-corrected chi connectivity index (χ4v) is 2.90. The zero-order valence-electron chi connectivity index (χ0n) is 12.4. The summed E-state index contributed by atoms with van der Waals surface area (Å²) >= 11 is 2.86. The highest BCUT2D eigenvalue weighted by molar-refractivity contribution is 9.10. The van der Waals surface area contributed by atoms with Gasteiger partial charge in [-0.2, -0.15) is 13.2 Å². The molecule has 3 rings (SSSR count). The number of aromatic nitrogens is 1. The van der Waals surface area contributed by atoms with Crippen LogP contribution in [-0.4, -0.2) is 34.8 Å². The number of rotatable bonds is 2. The van der Waals surface area contributed by atoms with E-state index in [1.165, 1.54) is 30.5 Å². The molecule has 1 fully saturated rings. The molecular weight excluding hydrogens is 411 g/mol. The van der Waals surface area contributed by atoms with E-state index in [1.54, 1.807) is 0 Å². The molecular formula is C16H10BrF5N2O. The lowest BCUT2D eigenvalue weighted by molar-refractivity contribution is -0.138. The molecule has 0 radical (unpaired) electrons. The molecule has 1 aromatic carbocycles. The van der Waals surface area contributed by atoms with E-state index in [0.29, 0.717) is 0 Å². The van der Waals surface area contributed by atoms with Gasteiger partial charge in [-0.05, 0) is 24.3 Å². The molecule has 2 heterocycles. The fraction of sp³-hybridized carbons (Fsp3) is 0.250. The molecule has 1 amide bonds. The Kier molecular flexibility index (Phi) is 4.30. The first-order valence-electron chi connectivity index (χ1n) is 7.07. The summed E-state index contributed by atoms with van der Waals surface area (Å²) in [5.74, 6) is -3.45. The predicted octanol–water partition coefficient (Wildman–Crippen LogP) is 4.62. The molecule has 0 bridgehead atoms. The van der Waals surface area contributed by atoms with E-state index in [9.17, 15) is 26.7 Å². The van der Waals surface area contributed by atoms with Gasteiger partial charge in [0.25, 0.3) is 11.8 Å². The van der Waals surface area contributed by atoms with Crippen molar-refractivity contribution in [2.24, 2.45) is 0 Å². The van der Waals surface area contributed by atoms with Crippen LogP contribution in [0.4, 0.5) is 22.0 Å². The van der Waals surface area contributed by atoms with Crippen LogP contribution in [0.1, 0.15) is 15.9 Å². The van der Waals surface area contributed by atoms with Crippen LogP contribution >= 0.6 is 15.9 Å². The van der Waals surface area contributed by atoms with Gasteiger partial charge >= 0.3 is 6.18 Å². The van der Waals surface area contributed by atoms with E-state index in [2.05, 4.69) is 20.9 Å². The second-order valence-electron chi connectivity index (χ2n) is 5.64. The Bertz CT molecular complexity index is 812. The molecule has 0 aliphatic carbocycles. The summed E-state index contributed by atoms with van der Waals surface area (Å²) < 4.78 is 64.4. The summed E-state index contributed by atoms with van der Waals surface area (Å²) in [6, 6.07) is 6.41. The van der Waals surface area contributed by atoms with Crippen LogP contribution in [0.5, 0.6) is 0 Å². The third-order valence-corrected chi connectivity index (χ3v) is 4.40. The molecule has 0 saturated carbocycles. The topological polar surface area (TPSA) is 33.2 Å². The van der Waals surface area contributed by atoms with Crippen LogP contribution in [0.25, 0.3) is 11.3 Å². The van der Waals surface area contributed by atoms with Gasteiger partial charge < -0.3 is 4.90 Å². The van der Waals surface area contributed by atoms with Gasteiger partial charge in [0.05, 0.1) is 29.9 Å². The Morgan fingerprint density at radius 3 is 2.36 bits per heavy atom. The SMILES string of the molecule is O=C(c1ccc(-c2ccc(Br)c(C(F)(F)F)c2)nc1)N1CC(F)(F)C1. The number of hydrogen-bond donors (Lipinski definition) is 0. The maximum absolute atomic E-state index is 12.9. The lowest BCUT2D eigenvalue weighted by atomic mass is 10.1. The summed E-state index contributed by atoms with van der Waals surface area (Å²) in [5, 5.41) is 0. The average Bonchev–Trinajstić information content (AvgIpc) is 2.51. The molecule has 25 heavy (non-hydrogen) atoms. The molecule has 9 heteroatoms. The lowest BCUT2D eigenvalue weighted by Crippen LogP contribution is -2.58. The molecule has 0 N–H and O–H groups in total. The quantitative estimate of drug-likeness (QED) is 0.664. The summed E-state index contributed by atoms with van der Waals surface area (Å²) in [6.07, 6.45) is -3.35. The lowest BCUT2D eigenvalue weighted by Gasteiger charge is -2.38. The van der Waals surface area contributed by atoms with Crippen molar-refractivity contribution in [3.8, 4) is 11.3 Å². The van der Waals surface area contributed by atoms with Crippen molar-refractivity contribution < 1.29 is 26.7 Å². The zero-order chi connectivity index (χ0) is 18.4. The molecule has 3 nitrogen and oxygen atoms in total. The number of likely N-dealkylation sites (tertiary alicyclic amines) is 1. The van der Waals surface area contributed by atoms with Gasteiger partial charge in [-0.15, -0.1) is 0 Å². The van der Waals surface area contributed by atoms with Crippen molar-refractivity contribution >= 4 is 21.8 Å². The number of nitrogens with zero attached hydrogens (tertiary/aromatic N) is 2. The van der Waals surface area contributed by atoms with Crippen LogP contribution in [0.2, 0.25) is 0 Å². The second-order valence-corrected chi connectivity index (χ2v) is 6.50. The van der Waals surface area contributed by atoms with Crippen molar-refractivity contribution in [3.05, 3.63) is 52.1 Å². The average molecular weight is 421 g/mol. The molecule has 2 aromatic rings. The van der Waals surface area contributed by atoms with Crippen LogP contribution in [-0.2, 0) is 6.18 Å². The van der Waals surface area contributed by atoms with Gasteiger partial charge in [-0.1, -0.05) is 22.0 Å². The minimum atomic E-state index is -4.52. The summed E-state index contributed by atoms with van der Waals surface area (Å²) in [6.45, 7) is -1.29. The number of hydrogen-bond acceptors (Lipinski definition) is 2. The number of amides is 1. The first kappa shape index (κ1) is 17.8. The molecule has 0 spiro atoms. The van der Waals surface area contributed by atoms with E-state index in [0.717, 1.165) is 11.0 Å². The van der Waals surface area contributed by atoms with E-state index < -0.39 is 36.7 Å². The largest absolute Gasteiger partial charge is 0.417 e. The maximum atomic E-state index is 12.9. The van der Waals surface area contributed by atoms with Crippen molar-refractivity contribution in [1.29, 1.82) is 0 Å². The maximum Gasteiger partial charge on any atom is 0.417 e. The minimum absolute atomic E-state index is 0.0886. The van der Waals surface area contributed by atoms with Crippen LogP contribution in [0.15, 0.2) is 41.0 Å². The first-order valence-corrected chi connectivity index (χ1v) is 7.86. The van der Waals surface area contributed by atoms with E-state index in [4.69, 9.17) is 0 Å². The van der Waals surface area contributed by atoms with Gasteiger partial charge in [0.1, 0.15) is 0 Å². The molecule has 1 aromatic heterocycles.